The number of carbonyl (C=O) groups is 1. The lowest BCUT2D eigenvalue weighted by molar-refractivity contribution is -0.137. The average molecular weight is 541 g/mol. The van der Waals surface area contributed by atoms with E-state index >= 15 is 0 Å². The monoisotopic (exact) mass is 540 g/mol. The zero-order chi connectivity index (χ0) is 28.4. The highest BCUT2D eigenvalue weighted by Crippen LogP contribution is 2.31. The van der Waals surface area contributed by atoms with Crippen LogP contribution >= 0.6 is 0 Å². The number of rotatable bonds is 7. The van der Waals surface area contributed by atoms with E-state index in [1.54, 1.807) is 36.8 Å². The predicted molar refractivity (Wildman–Crippen MR) is 140 cm³/mol. The first-order valence-electron chi connectivity index (χ1n) is 12.2. The van der Waals surface area contributed by atoms with Crippen molar-refractivity contribution in [2.45, 2.75) is 52.3 Å². The first kappa shape index (κ1) is 27.7. The van der Waals surface area contributed by atoms with E-state index < -0.39 is 29.0 Å². The highest BCUT2D eigenvalue weighted by molar-refractivity contribution is 6.04. The molecule has 204 valence electrons. The number of aryl methyl sites for hydroxylation is 3. The average Bonchev–Trinajstić information content (AvgIpc) is 3.27. The van der Waals surface area contributed by atoms with Crippen LogP contribution in [0.4, 0.5) is 34.9 Å². The van der Waals surface area contributed by atoms with Crippen LogP contribution in [0.25, 0.3) is 0 Å². The van der Waals surface area contributed by atoms with Crippen LogP contribution < -0.4 is 10.6 Å². The van der Waals surface area contributed by atoms with E-state index in [4.69, 9.17) is 5.10 Å². The van der Waals surface area contributed by atoms with Crippen molar-refractivity contribution in [1.29, 1.82) is 0 Å². The Morgan fingerprint density at radius 2 is 1.77 bits per heavy atom. The molecular formula is C28H28F4N6O. The lowest BCUT2D eigenvalue weighted by atomic mass is 10.0. The lowest BCUT2D eigenvalue weighted by Crippen LogP contribution is -2.24. The summed E-state index contributed by atoms with van der Waals surface area (Å²) in [7, 11) is 0. The molecule has 0 spiro atoms. The summed E-state index contributed by atoms with van der Waals surface area (Å²) >= 11 is 0. The van der Waals surface area contributed by atoms with E-state index in [0.717, 1.165) is 22.6 Å². The molecule has 2 heterocycles. The molecule has 4 aromatic rings. The van der Waals surface area contributed by atoms with Gasteiger partial charge in [-0.3, -0.25) is 9.78 Å². The first-order chi connectivity index (χ1) is 18.3. The van der Waals surface area contributed by atoms with E-state index in [9.17, 15) is 22.4 Å². The van der Waals surface area contributed by atoms with Gasteiger partial charge in [-0.25, -0.2) is 14.1 Å². The first-order valence-corrected chi connectivity index (χ1v) is 12.2. The van der Waals surface area contributed by atoms with E-state index in [1.807, 2.05) is 38.4 Å². The molecule has 2 aromatic carbocycles. The summed E-state index contributed by atoms with van der Waals surface area (Å²) in [6, 6.07) is 8.85. The van der Waals surface area contributed by atoms with Gasteiger partial charge in [-0.05, 0) is 82.0 Å². The molecule has 39 heavy (non-hydrogen) atoms. The van der Waals surface area contributed by atoms with E-state index in [-0.39, 0.29) is 5.54 Å². The summed E-state index contributed by atoms with van der Waals surface area (Å²) in [4.78, 5) is 21.0. The molecule has 0 unspecified atom stereocenters. The number of benzene rings is 2. The van der Waals surface area contributed by atoms with Gasteiger partial charge < -0.3 is 10.6 Å². The minimum atomic E-state index is -4.69. The topological polar surface area (TPSA) is 84.7 Å². The minimum Gasteiger partial charge on any atom is -0.324 e. The smallest absolute Gasteiger partial charge is 0.324 e. The standard InChI is InChI=1S/C28H28F4N6O/c1-17-5-8-20(35-26(39)22-14-19(28(30,31)32)7-10-23(22)29)13-18(17)6-9-21-15-25(38(37-21)27(2,3)4)36-24-16-33-11-12-34-24/h5,7-8,10-16H,6,9H2,1-4H3,(H,34,36)(H,35,39). The number of hydrogen-bond acceptors (Lipinski definition) is 5. The second-order valence-corrected chi connectivity index (χ2v) is 10.1. The van der Waals surface area contributed by atoms with Crippen LogP contribution in [0.5, 0.6) is 0 Å². The molecule has 2 N–H and O–H groups in total. The second kappa shape index (κ2) is 10.8. The molecule has 0 fully saturated rings. The third kappa shape index (κ3) is 6.78. The Morgan fingerprint density at radius 1 is 1.00 bits per heavy atom. The molecule has 0 radical (unpaired) electrons. The summed E-state index contributed by atoms with van der Waals surface area (Å²) in [6.07, 6.45) is 1.28. The van der Waals surface area contributed by atoms with Crippen molar-refractivity contribution in [3.8, 4) is 0 Å². The number of aromatic nitrogens is 4. The van der Waals surface area contributed by atoms with Gasteiger partial charge in [0.15, 0.2) is 0 Å². The largest absolute Gasteiger partial charge is 0.416 e. The summed E-state index contributed by atoms with van der Waals surface area (Å²) in [5, 5.41) is 10.5. The molecule has 4 rings (SSSR count). The fourth-order valence-corrected chi connectivity index (χ4v) is 4.00. The molecule has 7 nitrogen and oxygen atoms in total. The molecule has 0 atom stereocenters. The lowest BCUT2D eigenvalue weighted by Gasteiger charge is -2.22. The molecule has 1 amide bonds. The van der Waals surface area contributed by atoms with Crippen LogP contribution in [0.3, 0.4) is 0 Å². The van der Waals surface area contributed by atoms with E-state index in [1.165, 1.54) is 0 Å². The summed E-state index contributed by atoms with van der Waals surface area (Å²) in [5.74, 6) is -0.644. The summed E-state index contributed by atoms with van der Waals surface area (Å²) in [5.41, 5.74) is 0.974. The molecule has 11 heteroatoms. The maximum atomic E-state index is 14.2. The van der Waals surface area contributed by atoms with Crippen molar-refractivity contribution >= 4 is 23.2 Å². The SMILES string of the molecule is Cc1ccc(NC(=O)c2cc(C(F)(F)F)ccc2F)cc1CCc1cc(Nc2cnccn2)n(C(C)(C)C)n1. The molecule has 0 saturated heterocycles. The fourth-order valence-electron chi connectivity index (χ4n) is 4.00. The van der Waals surface area contributed by atoms with Crippen LogP contribution in [-0.2, 0) is 24.6 Å². The van der Waals surface area contributed by atoms with Crippen molar-refractivity contribution in [1.82, 2.24) is 19.7 Å². The van der Waals surface area contributed by atoms with Crippen molar-refractivity contribution in [2.75, 3.05) is 10.6 Å². The molecule has 0 aliphatic rings. The van der Waals surface area contributed by atoms with Gasteiger partial charge in [0, 0.05) is 24.1 Å². The third-order valence-corrected chi connectivity index (χ3v) is 6.01. The second-order valence-electron chi connectivity index (χ2n) is 10.1. The van der Waals surface area contributed by atoms with Crippen LogP contribution in [0.1, 0.15) is 53.5 Å². The summed E-state index contributed by atoms with van der Waals surface area (Å²) in [6.45, 7) is 8.03. The van der Waals surface area contributed by atoms with Gasteiger partial charge >= 0.3 is 6.18 Å². The van der Waals surface area contributed by atoms with Gasteiger partial charge in [-0.15, -0.1) is 0 Å². The fraction of sp³-hybridized carbons (Fsp3) is 0.286. The van der Waals surface area contributed by atoms with Crippen molar-refractivity contribution in [3.05, 3.63) is 94.8 Å². The molecule has 0 saturated carbocycles. The minimum absolute atomic E-state index is 0.304. The Bertz CT molecular complexity index is 1480. The van der Waals surface area contributed by atoms with Crippen LogP contribution in [0.2, 0.25) is 0 Å². The van der Waals surface area contributed by atoms with Gasteiger partial charge in [-0.2, -0.15) is 18.3 Å². The number of alkyl halides is 3. The number of carbonyl (C=O) groups excluding carboxylic acids is 1. The molecule has 2 aromatic heterocycles. The Hall–Kier alpha value is -4.28. The van der Waals surface area contributed by atoms with Crippen LogP contribution in [0, 0.1) is 12.7 Å². The van der Waals surface area contributed by atoms with Crippen molar-refractivity contribution in [2.24, 2.45) is 0 Å². The number of nitrogens with one attached hydrogen (secondary N) is 2. The number of amides is 1. The van der Waals surface area contributed by atoms with Gasteiger partial charge in [0.25, 0.3) is 5.91 Å². The summed E-state index contributed by atoms with van der Waals surface area (Å²) < 4.78 is 55.2. The highest BCUT2D eigenvalue weighted by atomic mass is 19.4. The molecule has 0 aliphatic carbocycles. The van der Waals surface area contributed by atoms with Crippen molar-refractivity contribution in [3.63, 3.8) is 0 Å². The molecule has 0 bridgehead atoms. The zero-order valence-electron chi connectivity index (χ0n) is 21.9. The van der Waals surface area contributed by atoms with Gasteiger partial charge in [0.1, 0.15) is 17.5 Å². The Morgan fingerprint density at radius 3 is 2.44 bits per heavy atom. The third-order valence-electron chi connectivity index (χ3n) is 6.01. The molecular weight excluding hydrogens is 512 g/mol. The van der Waals surface area contributed by atoms with Gasteiger partial charge in [0.05, 0.1) is 28.6 Å². The Kier molecular flexibility index (Phi) is 7.71. The quantitative estimate of drug-likeness (QED) is 0.256. The number of halogens is 4. The predicted octanol–water partition coefficient (Wildman–Crippen LogP) is 6.68. The Balaban J connectivity index is 1.51. The van der Waals surface area contributed by atoms with Crippen LogP contribution in [-0.4, -0.2) is 25.7 Å². The van der Waals surface area contributed by atoms with Crippen molar-refractivity contribution < 1.29 is 22.4 Å². The number of anilines is 3. The number of hydrogen-bond donors (Lipinski definition) is 2. The van der Waals surface area contributed by atoms with E-state index in [0.29, 0.717) is 42.5 Å². The number of nitrogens with zero attached hydrogens (tertiary/aromatic N) is 4. The maximum Gasteiger partial charge on any atom is 0.416 e. The maximum absolute atomic E-state index is 14.2. The Labute approximate surface area is 223 Å². The van der Waals surface area contributed by atoms with Gasteiger partial charge in [0.2, 0.25) is 0 Å². The highest BCUT2D eigenvalue weighted by Gasteiger charge is 2.32. The van der Waals surface area contributed by atoms with Gasteiger partial charge in [-0.1, -0.05) is 6.07 Å². The van der Waals surface area contributed by atoms with Crippen LogP contribution in [0.15, 0.2) is 61.1 Å². The van der Waals surface area contributed by atoms with E-state index in [2.05, 4.69) is 20.6 Å². The molecule has 0 aliphatic heterocycles. The normalized spacial score (nSPS) is 11.9. The zero-order valence-corrected chi connectivity index (χ0v) is 21.9.